The Bertz CT molecular complexity index is 323. The van der Waals surface area contributed by atoms with Gasteiger partial charge in [-0.05, 0) is 31.3 Å². The highest BCUT2D eigenvalue weighted by Crippen LogP contribution is 1.91. The van der Waals surface area contributed by atoms with Crippen LogP contribution in [-0.4, -0.2) is 33.6 Å². The number of allylic oxidation sites excluding steroid dienone is 1. The summed E-state index contributed by atoms with van der Waals surface area (Å²) in [5.74, 6) is 9.63. The molecule has 0 saturated heterocycles. The minimum atomic E-state index is -1.10. The Kier molecular flexibility index (Phi) is 8.29. The first kappa shape index (κ1) is 14.7. The van der Waals surface area contributed by atoms with Gasteiger partial charge in [0.15, 0.2) is 0 Å². The quantitative estimate of drug-likeness (QED) is 0.478. The van der Waals surface area contributed by atoms with Crippen LogP contribution in [-0.2, 0) is 0 Å². The number of unbranched alkanes of at least 4 members (excludes halogenated alkanes) is 1. The van der Waals surface area contributed by atoms with Crippen LogP contribution in [0.4, 0.5) is 0 Å². The van der Waals surface area contributed by atoms with Crippen molar-refractivity contribution in [3.05, 3.63) is 12.2 Å². The van der Waals surface area contributed by atoms with Crippen LogP contribution in [0.1, 0.15) is 26.7 Å². The maximum Gasteiger partial charge on any atom is 0.141 e. The highest BCUT2D eigenvalue weighted by Gasteiger charge is 2.04. The van der Waals surface area contributed by atoms with E-state index in [2.05, 4.69) is 23.7 Å². The molecule has 0 aliphatic carbocycles. The van der Waals surface area contributed by atoms with Crippen molar-refractivity contribution in [2.24, 2.45) is 0 Å². The van der Waals surface area contributed by atoms with E-state index in [-0.39, 0.29) is 0 Å². The second kappa shape index (κ2) is 9.00. The molecule has 0 aliphatic rings. The maximum atomic E-state index is 9.31. The monoisotopic (exact) mass is 222 g/mol. The molecule has 3 N–H and O–H groups in total. The van der Waals surface area contributed by atoms with Crippen LogP contribution >= 0.6 is 0 Å². The molecule has 0 aromatic heterocycles. The highest BCUT2D eigenvalue weighted by atomic mass is 16.3. The zero-order valence-corrected chi connectivity index (χ0v) is 9.64. The van der Waals surface area contributed by atoms with Gasteiger partial charge in [-0.2, -0.15) is 0 Å². The summed E-state index contributed by atoms with van der Waals surface area (Å²) >= 11 is 0. The molecule has 0 radical (unpaired) electrons. The minimum absolute atomic E-state index is 0.829. The Morgan fingerprint density at radius 2 is 1.75 bits per heavy atom. The lowest BCUT2D eigenvalue weighted by molar-refractivity contribution is 0.0678. The Morgan fingerprint density at radius 1 is 1.12 bits per heavy atom. The number of aliphatic hydroxyl groups excluding tert-OH is 3. The van der Waals surface area contributed by atoms with Gasteiger partial charge in [0.05, 0.1) is 6.10 Å². The van der Waals surface area contributed by atoms with Crippen LogP contribution < -0.4 is 0 Å². The summed E-state index contributed by atoms with van der Waals surface area (Å²) in [5.41, 5.74) is 0. The van der Waals surface area contributed by atoms with E-state index in [1.807, 2.05) is 13.0 Å². The van der Waals surface area contributed by atoms with E-state index in [1.165, 1.54) is 6.92 Å². The van der Waals surface area contributed by atoms with E-state index in [4.69, 9.17) is 10.2 Å². The zero-order chi connectivity index (χ0) is 12.4. The summed E-state index contributed by atoms with van der Waals surface area (Å²) in [4.78, 5) is 0. The lowest BCUT2D eigenvalue weighted by Crippen LogP contribution is -2.19. The van der Waals surface area contributed by atoms with Crippen molar-refractivity contribution in [2.45, 2.75) is 45.0 Å². The minimum Gasteiger partial charge on any atom is -0.390 e. The van der Waals surface area contributed by atoms with Crippen molar-refractivity contribution in [2.75, 3.05) is 0 Å². The third-order valence-electron chi connectivity index (χ3n) is 1.73. The predicted molar refractivity (Wildman–Crippen MR) is 63.3 cm³/mol. The maximum absolute atomic E-state index is 9.31. The van der Waals surface area contributed by atoms with Gasteiger partial charge >= 0.3 is 0 Å². The van der Waals surface area contributed by atoms with Gasteiger partial charge in [-0.3, -0.25) is 0 Å². The highest BCUT2D eigenvalue weighted by molar-refractivity contribution is 5.30. The summed E-state index contributed by atoms with van der Waals surface area (Å²) in [6, 6.07) is 0. The molecule has 0 aliphatic heterocycles. The molecule has 0 saturated carbocycles. The van der Waals surface area contributed by atoms with Crippen LogP contribution in [0.5, 0.6) is 0 Å². The lowest BCUT2D eigenvalue weighted by atomic mass is 10.2. The van der Waals surface area contributed by atoms with Crippen LogP contribution in [0.3, 0.4) is 0 Å². The molecule has 3 nitrogen and oxygen atoms in total. The number of rotatable bonds is 4. The first-order valence-corrected chi connectivity index (χ1v) is 5.29. The van der Waals surface area contributed by atoms with Gasteiger partial charge in [0, 0.05) is 0 Å². The first-order chi connectivity index (χ1) is 7.57. The van der Waals surface area contributed by atoms with Gasteiger partial charge in [-0.15, -0.1) is 0 Å². The SMILES string of the molecule is CCC/C=C/C(O)C#CC#C[C@@H](O)[C@H](C)O. The van der Waals surface area contributed by atoms with Crippen molar-refractivity contribution < 1.29 is 15.3 Å². The van der Waals surface area contributed by atoms with E-state index in [0.717, 1.165) is 12.8 Å². The summed E-state index contributed by atoms with van der Waals surface area (Å²) in [6.07, 6.45) is 2.57. The normalized spacial score (nSPS) is 15.6. The molecule has 0 heterocycles. The van der Waals surface area contributed by atoms with Crippen molar-refractivity contribution in [3.63, 3.8) is 0 Å². The molecule has 88 valence electrons. The smallest absolute Gasteiger partial charge is 0.141 e. The lowest BCUT2D eigenvalue weighted by Gasteiger charge is -2.03. The molecule has 3 heteroatoms. The fourth-order valence-electron chi connectivity index (χ4n) is 0.781. The molecular formula is C13H18O3. The molecule has 0 amide bonds. The van der Waals surface area contributed by atoms with E-state index >= 15 is 0 Å². The Hall–Kier alpha value is -1.26. The van der Waals surface area contributed by atoms with E-state index in [9.17, 15) is 5.11 Å². The van der Waals surface area contributed by atoms with E-state index in [0.29, 0.717) is 0 Å². The average Bonchev–Trinajstić information content (AvgIpc) is 2.24. The molecule has 0 rings (SSSR count). The van der Waals surface area contributed by atoms with Crippen molar-refractivity contribution in [1.29, 1.82) is 0 Å². The fraction of sp³-hybridized carbons (Fsp3) is 0.538. The summed E-state index contributed by atoms with van der Waals surface area (Å²) in [6.45, 7) is 3.49. The molecule has 0 spiro atoms. The standard InChI is InChI=1S/C13H18O3/c1-3-4-5-8-12(15)9-6-7-10-13(16)11(2)14/h5,8,11-16H,3-4H2,1-2H3/b8-5+/t11-,12?,13+/m0/s1. The Labute approximate surface area is 96.8 Å². The Morgan fingerprint density at radius 3 is 2.31 bits per heavy atom. The van der Waals surface area contributed by atoms with E-state index in [1.54, 1.807) is 6.08 Å². The topological polar surface area (TPSA) is 60.7 Å². The molecule has 0 aromatic rings. The van der Waals surface area contributed by atoms with Gasteiger partial charge in [0.2, 0.25) is 0 Å². The van der Waals surface area contributed by atoms with Crippen LogP contribution in [0.2, 0.25) is 0 Å². The van der Waals surface area contributed by atoms with Gasteiger partial charge in [-0.25, -0.2) is 0 Å². The first-order valence-electron chi connectivity index (χ1n) is 5.29. The fourth-order valence-corrected chi connectivity index (χ4v) is 0.781. The number of hydrogen-bond acceptors (Lipinski definition) is 3. The van der Waals surface area contributed by atoms with Crippen LogP contribution in [0.25, 0.3) is 0 Å². The third-order valence-corrected chi connectivity index (χ3v) is 1.73. The van der Waals surface area contributed by atoms with Gasteiger partial charge in [0.25, 0.3) is 0 Å². The Balaban J connectivity index is 4.09. The number of hydrogen-bond donors (Lipinski definition) is 3. The van der Waals surface area contributed by atoms with Gasteiger partial charge in [-0.1, -0.05) is 31.3 Å². The largest absolute Gasteiger partial charge is 0.390 e. The average molecular weight is 222 g/mol. The molecule has 16 heavy (non-hydrogen) atoms. The second-order valence-electron chi connectivity index (χ2n) is 3.39. The van der Waals surface area contributed by atoms with Crippen molar-refractivity contribution >= 4 is 0 Å². The van der Waals surface area contributed by atoms with Crippen LogP contribution in [0, 0.1) is 23.7 Å². The molecule has 1 unspecified atom stereocenters. The molecule has 0 bridgehead atoms. The van der Waals surface area contributed by atoms with Crippen LogP contribution in [0.15, 0.2) is 12.2 Å². The number of aliphatic hydroxyl groups is 3. The molecular weight excluding hydrogens is 204 g/mol. The van der Waals surface area contributed by atoms with Gasteiger partial charge in [0.1, 0.15) is 12.2 Å². The summed E-state index contributed by atoms with van der Waals surface area (Å²) in [5, 5.41) is 27.3. The zero-order valence-electron chi connectivity index (χ0n) is 9.64. The predicted octanol–water partition coefficient (Wildman–Crippen LogP) is 0.452. The summed E-state index contributed by atoms with van der Waals surface area (Å²) < 4.78 is 0. The van der Waals surface area contributed by atoms with E-state index < -0.39 is 18.3 Å². The molecule has 0 fully saturated rings. The second-order valence-corrected chi connectivity index (χ2v) is 3.39. The van der Waals surface area contributed by atoms with Crippen molar-refractivity contribution in [1.82, 2.24) is 0 Å². The van der Waals surface area contributed by atoms with Gasteiger partial charge < -0.3 is 15.3 Å². The van der Waals surface area contributed by atoms with Crippen molar-refractivity contribution in [3.8, 4) is 23.7 Å². The molecule has 3 atom stereocenters. The summed E-state index contributed by atoms with van der Waals surface area (Å²) in [7, 11) is 0. The third kappa shape index (κ3) is 8.08. The molecule has 0 aromatic carbocycles.